The molecule has 1 aromatic rings. The average Bonchev–Trinajstić information content (AvgIpc) is 2.61. The van der Waals surface area contributed by atoms with Crippen LogP contribution in [0.1, 0.15) is 12.2 Å². The van der Waals surface area contributed by atoms with Gasteiger partial charge in [-0.05, 0) is 18.2 Å². The molecular weight excluding hydrogens is 206 g/mol. The summed E-state index contributed by atoms with van der Waals surface area (Å²) in [6.07, 6.45) is 0.730. The van der Waals surface area contributed by atoms with Crippen molar-refractivity contribution in [1.82, 2.24) is 0 Å². The molecule has 78 valence electrons. The Labute approximate surface area is 85.3 Å². The summed E-state index contributed by atoms with van der Waals surface area (Å²) in [4.78, 5) is 9.71. The maximum Gasteiger partial charge on any atom is 0.433 e. The van der Waals surface area contributed by atoms with Gasteiger partial charge < -0.3 is 9.52 Å². The molecule has 0 aliphatic heterocycles. The number of nitrogens with zero attached hydrogens (tertiary/aromatic N) is 1. The standard InChI is InChI=1S/C8H11NO4S/c10-4-1-5-14-6-7-2-3-8(13-7)9(11)12/h2-3,10H,1,4-6H2. The molecule has 0 aromatic carbocycles. The van der Waals surface area contributed by atoms with Gasteiger partial charge in [-0.15, -0.1) is 0 Å². The largest absolute Gasteiger partial charge is 0.433 e. The van der Waals surface area contributed by atoms with Gasteiger partial charge in [0.25, 0.3) is 0 Å². The maximum atomic E-state index is 10.3. The monoisotopic (exact) mass is 217 g/mol. The van der Waals surface area contributed by atoms with Crippen molar-refractivity contribution in [3.63, 3.8) is 0 Å². The molecule has 0 aliphatic rings. The lowest BCUT2D eigenvalue weighted by Gasteiger charge is -1.95. The van der Waals surface area contributed by atoms with Gasteiger partial charge in [0.05, 0.1) is 11.8 Å². The summed E-state index contributed by atoms with van der Waals surface area (Å²) >= 11 is 1.58. The van der Waals surface area contributed by atoms with E-state index in [-0.39, 0.29) is 12.5 Å². The Hall–Kier alpha value is -1.01. The van der Waals surface area contributed by atoms with Gasteiger partial charge >= 0.3 is 5.88 Å². The van der Waals surface area contributed by atoms with E-state index in [0.29, 0.717) is 11.5 Å². The van der Waals surface area contributed by atoms with Crippen molar-refractivity contribution < 1.29 is 14.4 Å². The second-order valence-electron chi connectivity index (χ2n) is 2.63. The highest BCUT2D eigenvalue weighted by Crippen LogP contribution is 2.20. The topological polar surface area (TPSA) is 76.5 Å². The number of hydrogen-bond acceptors (Lipinski definition) is 5. The predicted octanol–water partition coefficient (Wildman–Crippen LogP) is 1.80. The predicted molar refractivity (Wildman–Crippen MR) is 53.2 cm³/mol. The van der Waals surface area contributed by atoms with Gasteiger partial charge in [-0.3, -0.25) is 10.1 Å². The molecule has 5 nitrogen and oxygen atoms in total. The summed E-state index contributed by atoms with van der Waals surface area (Å²) in [5, 5.41) is 18.8. The van der Waals surface area contributed by atoms with Crippen LogP contribution in [0.4, 0.5) is 5.88 Å². The van der Waals surface area contributed by atoms with Crippen LogP contribution in [0.15, 0.2) is 16.5 Å². The molecule has 1 rings (SSSR count). The van der Waals surface area contributed by atoms with Crippen LogP contribution < -0.4 is 0 Å². The molecule has 1 aromatic heterocycles. The van der Waals surface area contributed by atoms with Crippen molar-refractivity contribution in [3.8, 4) is 0 Å². The first-order valence-electron chi connectivity index (χ1n) is 4.15. The van der Waals surface area contributed by atoms with E-state index in [4.69, 9.17) is 9.52 Å². The first-order chi connectivity index (χ1) is 6.74. The normalized spacial score (nSPS) is 10.4. The molecule has 0 bridgehead atoms. The summed E-state index contributed by atoms with van der Waals surface area (Å²) in [6, 6.07) is 2.95. The fraction of sp³-hybridized carbons (Fsp3) is 0.500. The first-order valence-corrected chi connectivity index (χ1v) is 5.31. The van der Waals surface area contributed by atoms with Gasteiger partial charge in [-0.2, -0.15) is 11.8 Å². The average molecular weight is 217 g/mol. The lowest BCUT2D eigenvalue weighted by atomic mass is 10.5. The van der Waals surface area contributed by atoms with Crippen LogP contribution in [0.25, 0.3) is 0 Å². The number of nitro groups is 1. The van der Waals surface area contributed by atoms with Crippen LogP contribution in [-0.4, -0.2) is 22.4 Å². The third-order valence-electron chi connectivity index (χ3n) is 1.52. The van der Waals surface area contributed by atoms with Gasteiger partial charge in [-0.25, -0.2) is 0 Å². The van der Waals surface area contributed by atoms with Crippen molar-refractivity contribution in [2.75, 3.05) is 12.4 Å². The zero-order valence-electron chi connectivity index (χ0n) is 7.51. The smallest absolute Gasteiger partial charge is 0.405 e. The summed E-state index contributed by atoms with van der Waals surface area (Å²) in [5.41, 5.74) is 0. The van der Waals surface area contributed by atoms with E-state index in [1.165, 1.54) is 6.07 Å². The van der Waals surface area contributed by atoms with Crippen molar-refractivity contribution >= 4 is 17.6 Å². The Morgan fingerprint density at radius 3 is 2.93 bits per heavy atom. The van der Waals surface area contributed by atoms with Crippen LogP contribution in [0, 0.1) is 10.1 Å². The molecule has 1 heterocycles. The molecular formula is C8H11NO4S. The number of rotatable bonds is 6. The molecule has 0 radical (unpaired) electrons. The number of aliphatic hydroxyl groups excluding tert-OH is 1. The minimum atomic E-state index is -0.554. The lowest BCUT2D eigenvalue weighted by molar-refractivity contribution is -0.402. The van der Waals surface area contributed by atoms with E-state index in [9.17, 15) is 10.1 Å². The number of thioether (sulfide) groups is 1. The zero-order valence-corrected chi connectivity index (χ0v) is 8.33. The van der Waals surface area contributed by atoms with E-state index in [0.717, 1.165) is 12.2 Å². The molecule has 1 N–H and O–H groups in total. The van der Waals surface area contributed by atoms with Crippen LogP contribution in [0.5, 0.6) is 0 Å². The number of furan rings is 1. The fourth-order valence-electron chi connectivity index (χ4n) is 0.882. The van der Waals surface area contributed by atoms with E-state index < -0.39 is 4.92 Å². The Bertz CT molecular complexity index is 299. The third kappa shape index (κ3) is 3.39. The molecule has 0 saturated heterocycles. The SMILES string of the molecule is O=[N+]([O-])c1ccc(CSCCCO)o1. The van der Waals surface area contributed by atoms with E-state index in [1.54, 1.807) is 17.8 Å². The molecule has 0 atom stereocenters. The van der Waals surface area contributed by atoms with Crippen LogP contribution in [0.3, 0.4) is 0 Å². The summed E-state index contributed by atoms with van der Waals surface area (Å²) < 4.78 is 4.94. The van der Waals surface area contributed by atoms with Gasteiger partial charge in [0.15, 0.2) is 0 Å². The Morgan fingerprint density at radius 1 is 1.57 bits per heavy atom. The zero-order chi connectivity index (χ0) is 10.4. The van der Waals surface area contributed by atoms with Crippen molar-refractivity contribution in [2.24, 2.45) is 0 Å². The molecule has 0 unspecified atom stereocenters. The minimum Gasteiger partial charge on any atom is -0.405 e. The minimum absolute atomic E-state index is 0.172. The molecule has 0 saturated carbocycles. The molecule has 0 aliphatic carbocycles. The van der Waals surface area contributed by atoms with Crippen LogP contribution >= 0.6 is 11.8 Å². The summed E-state index contributed by atoms with van der Waals surface area (Å²) in [6.45, 7) is 0.172. The number of aliphatic hydroxyl groups is 1. The second kappa shape index (κ2) is 5.66. The van der Waals surface area contributed by atoms with Gasteiger partial charge in [0.1, 0.15) is 10.7 Å². The third-order valence-corrected chi connectivity index (χ3v) is 2.58. The molecule has 6 heteroatoms. The van der Waals surface area contributed by atoms with E-state index >= 15 is 0 Å². The Morgan fingerprint density at radius 2 is 2.36 bits per heavy atom. The van der Waals surface area contributed by atoms with E-state index in [1.807, 2.05) is 0 Å². The van der Waals surface area contributed by atoms with Crippen LogP contribution in [0.2, 0.25) is 0 Å². The lowest BCUT2D eigenvalue weighted by Crippen LogP contribution is -1.86. The van der Waals surface area contributed by atoms with Crippen molar-refractivity contribution in [2.45, 2.75) is 12.2 Å². The second-order valence-corrected chi connectivity index (χ2v) is 3.73. The molecule has 0 amide bonds. The fourth-order valence-corrected chi connectivity index (χ4v) is 1.72. The van der Waals surface area contributed by atoms with Crippen LogP contribution in [-0.2, 0) is 5.75 Å². The molecule has 0 fully saturated rings. The number of hydrogen-bond donors (Lipinski definition) is 1. The molecule has 0 spiro atoms. The highest BCUT2D eigenvalue weighted by Gasteiger charge is 2.11. The van der Waals surface area contributed by atoms with Gasteiger partial charge in [-0.1, -0.05) is 0 Å². The first kappa shape index (κ1) is 11.1. The van der Waals surface area contributed by atoms with Crippen molar-refractivity contribution in [3.05, 3.63) is 28.0 Å². The Kier molecular flexibility index (Phi) is 4.48. The van der Waals surface area contributed by atoms with Gasteiger partial charge in [0.2, 0.25) is 0 Å². The summed E-state index contributed by atoms with van der Waals surface area (Å²) in [5.74, 6) is 1.81. The quantitative estimate of drug-likeness (QED) is 0.446. The van der Waals surface area contributed by atoms with Gasteiger partial charge in [0, 0.05) is 6.61 Å². The maximum absolute atomic E-state index is 10.3. The highest BCUT2D eigenvalue weighted by atomic mass is 32.2. The molecule has 14 heavy (non-hydrogen) atoms. The Balaban J connectivity index is 2.33. The highest BCUT2D eigenvalue weighted by molar-refractivity contribution is 7.98. The summed E-state index contributed by atoms with van der Waals surface area (Å²) in [7, 11) is 0. The van der Waals surface area contributed by atoms with Crippen molar-refractivity contribution in [1.29, 1.82) is 0 Å². The van der Waals surface area contributed by atoms with E-state index in [2.05, 4.69) is 0 Å².